The molecular formula is C20H27F3N4O3S. The van der Waals surface area contributed by atoms with Crippen LogP contribution in [-0.2, 0) is 14.8 Å². The van der Waals surface area contributed by atoms with E-state index in [1.807, 2.05) is 6.92 Å². The Morgan fingerprint density at radius 2 is 1.94 bits per heavy atom. The first-order valence-electron chi connectivity index (χ1n) is 10.4. The molecule has 2 aliphatic rings. The molecule has 1 fully saturated rings. The standard InChI is InChI=1S/C20H27F3N4O3S/c1-2-3-8-16(24-18-15-7-4-5-9-17(15)31(29,30)25-18)19(28)27-11-6-10-26(12-13-27)14-20(21,22)23/h4-5,7,9,16H,2-3,6,8,10-14H2,1H3,(H,24,25). The SMILES string of the molecule is CCCCC(N=C1NS(=O)(=O)c2ccccc21)C(=O)N1CCCN(CC(F)(F)F)CC1. The third-order valence-electron chi connectivity index (χ3n) is 5.37. The van der Waals surface area contributed by atoms with Gasteiger partial charge in [-0.1, -0.05) is 31.9 Å². The first-order valence-corrected chi connectivity index (χ1v) is 11.9. The second kappa shape index (κ2) is 9.56. The summed E-state index contributed by atoms with van der Waals surface area (Å²) in [7, 11) is -3.72. The summed E-state index contributed by atoms with van der Waals surface area (Å²) >= 11 is 0. The van der Waals surface area contributed by atoms with E-state index < -0.39 is 28.8 Å². The van der Waals surface area contributed by atoms with Gasteiger partial charge in [-0.05, 0) is 25.0 Å². The van der Waals surface area contributed by atoms with Crippen molar-refractivity contribution in [3.63, 3.8) is 0 Å². The molecule has 0 spiro atoms. The zero-order chi connectivity index (χ0) is 22.6. The maximum Gasteiger partial charge on any atom is 0.401 e. The van der Waals surface area contributed by atoms with Gasteiger partial charge in [-0.3, -0.25) is 19.4 Å². The van der Waals surface area contributed by atoms with Gasteiger partial charge in [0, 0.05) is 31.7 Å². The predicted molar refractivity (Wildman–Crippen MR) is 110 cm³/mol. The van der Waals surface area contributed by atoms with E-state index in [-0.39, 0.29) is 36.3 Å². The van der Waals surface area contributed by atoms with E-state index in [1.54, 1.807) is 23.1 Å². The van der Waals surface area contributed by atoms with Gasteiger partial charge in [0.05, 0.1) is 11.4 Å². The molecule has 172 valence electrons. The molecule has 7 nitrogen and oxygen atoms in total. The van der Waals surface area contributed by atoms with Crippen LogP contribution in [0.2, 0.25) is 0 Å². The number of benzene rings is 1. The number of halogens is 3. The molecule has 1 aromatic rings. The summed E-state index contributed by atoms with van der Waals surface area (Å²) < 4.78 is 65.2. The number of amides is 1. The molecule has 2 heterocycles. The first kappa shape index (κ1) is 23.5. The van der Waals surface area contributed by atoms with Crippen molar-refractivity contribution >= 4 is 21.8 Å². The van der Waals surface area contributed by atoms with Crippen LogP contribution in [-0.4, -0.2) is 74.9 Å². The number of unbranched alkanes of at least 4 members (excludes halogenated alkanes) is 1. The highest BCUT2D eigenvalue weighted by atomic mass is 32.2. The topological polar surface area (TPSA) is 82.1 Å². The Hall–Kier alpha value is -2.14. The van der Waals surface area contributed by atoms with E-state index in [0.29, 0.717) is 24.9 Å². The lowest BCUT2D eigenvalue weighted by molar-refractivity contribution is -0.145. The molecular weight excluding hydrogens is 433 g/mol. The molecule has 1 atom stereocenters. The van der Waals surface area contributed by atoms with Crippen LogP contribution < -0.4 is 4.72 Å². The predicted octanol–water partition coefficient (Wildman–Crippen LogP) is 2.38. The monoisotopic (exact) mass is 460 g/mol. The Kier molecular flexibility index (Phi) is 7.25. The van der Waals surface area contributed by atoms with Crippen LogP contribution in [0.3, 0.4) is 0 Å². The highest BCUT2D eigenvalue weighted by Crippen LogP contribution is 2.24. The Morgan fingerprint density at radius 1 is 1.19 bits per heavy atom. The summed E-state index contributed by atoms with van der Waals surface area (Å²) in [6.07, 6.45) is -1.85. The molecule has 0 bridgehead atoms. The number of nitrogens with zero attached hydrogens (tertiary/aromatic N) is 3. The van der Waals surface area contributed by atoms with Crippen molar-refractivity contribution in [2.75, 3.05) is 32.7 Å². The second-order valence-corrected chi connectivity index (χ2v) is 9.46. The van der Waals surface area contributed by atoms with E-state index in [2.05, 4.69) is 9.71 Å². The number of amidine groups is 1. The van der Waals surface area contributed by atoms with Crippen molar-refractivity contribution < 1.29 is 26.4 Å². The van der Waals surface area contributed by atoms with E-state index in [4.69, 9.17) is 0 Å². The van der Waals surface area contributed by atoms with Crippen LogP contribution >= 0.6 is 0 Å². The summed E-state index contributed by atoms with van der Waals surface area (Å²) in [4.78, 5) is 20.7. The molecule has 2 aliphatic heterocycles. The van der Waals surface area contributed by atoms with Crippen LogP contribution in [0.5, 0.6) is 0 Å². The molecule has 0 radical (unpaired) electrons. The van der Waals surface area contributed by atoms with Gasteiger partial charge in [0.2, 0.25) is 5.91 Å². The zero-order valence-electron chi connectivity index (χ0n) is 17.4. The Morgan fingerprint density at radius 3 is 2.65 bits per heavy atom. The Balaban J connectivity index is 1.78. The molecule has 1 unspecified atom stereocenters. The van der Waals surface area contributed by atoms with Crippen molar-refractivity contribution in [3.8, 4) is 0 Å². The van der Waals surface area contributed by atoms with Gasteiger partial charge in [-0.15, -0.1) is 0 Å². The minimum Gasteiger partial charge on any atom is -0.340 e. The lowest BCUT2D eigenvalue weighted by atomic mass is 10.1. The lowest BCUT2D eigenvalue weighted by Gasteiger charge is -2.25. The number of carbonyl (C=O) groups is 1. The number of fused-ring (bicyclic) bond motifs is 1. The third kappa shape index (κ3) is 5.97. The Labute approximate surface area is 180 Å². The van der Waals surface area contributed by atoms with E-state index in [0.717, 1.165) is 12.8 Å². The number of hydrogen-bond acceptors (Lipinski definition) is 5. The van der Waals surface area contributed by atoms with Gasteiger partial charge in [0.1, 0.15) is 11.9 Å². The molecule has 0 saturated carbocycles. The number of hydrogen-bond donors (Lipinski definition) is 1. The molecule has 1 N–H and O–H groups in total. The molecule has 1 amide bonds. The van der Waals surface area contributed by atoms with E-state index >= 15 is 0 Å². The van der Waals surface area contributed by atoms with Crippen molar-refractivity contribution in [3.05, 3.63) is 29.8 Å². The fourth-order valence-corrected chi connectivity index (χ4v) is 5.08. The lowest BCUT2D eigenvalue weighted by Crippen LogP contribution is -2.42. The van der Waals surface area contributed by atoms with Crippen molar-refractivity contribution in [1.29, 1.82) is 0 Å². The van der Waals surface area contributed by atoms with Gasteiger partial charge >= 0.3 is 6.18 Å². The fraction of sp³-hybridized carbons (Fsp3) is 0.600. The summed E-state index contributed by atoms with van der Waals surface area (Å²) in [6, 6.07) is 5.63. The summed E-state index contributed by atoms with van der Waals surface area (Å²) in [5, 5.41) is 0. The van der Waals surface area contributed by atoms with Gasteiger partial charge in [0.15, 0.2) is 0 Å². The number of aliphatic imine (C=N–C) groups is 1. The van der Waals surface area contributed by atoms with E-state index in [9.17, 15) is 26.4 Å². The summed E-state index contributed by atoms with van der Waals surface area (Å²) in [5.74, 6) is -0.142. The minimum atomic E-state index is -4.28. The number of alkyl halides is 3. The summed E-state index contributed by atoms with van der Waals surface area (Å²) in [6.45, 7) is 1.93. The number of carbonyl (C=O) groups excluding carboxylic acids is 1. The van der Waals surface area contributed by atoms with Crippen molar-refractivity contribution in [1.82, 2.24) is 14.5 Å². The molecule has 1 aromatic carbocycles. The summed E-state index contributed by atoms with van der Waals surface area (Å²) in [5.41, 5.74) is 0.420. The quantitative estimate of drug-likeness (QED) is 0.707. The Bertz CT molecular complexity index is 934. The van der Waals surface area contributed by atoms with Crippen LogP contribution in [0.15, 0.2) is 34.2 Å². The molecule has 1 saturated heterocycles. The first-order chi connectivity index (χ1) is 14.6. The van der Waals surface area contributed by atoms with Gasteiger partial charge < -0.3 is 4.90 Å². The molecule has 3 rings (SSSR count). The molecule has 31 heavy (non-hydrogen) atoms. The largest absolute Gasteiger partial charge is 0.401 e. The number of rotatable bonds is 6. The number of sulfonamides is 1. The second-order valence-electron chi connectivity index (χ2n) is 7.81. The smallest absolute Gasteiger partial charge is 0.340 e. The van der Waals surface area contributed by atoms with Gasteiger partial charge in [0.25, 0.3) is 10.0 Å². The van der Waals surface area contributed by atoms with Crippen molar-refractivity contribution in [2.45, 2.75) is 49.7 Å². The van der Waals surface area contributed by atoms with Crippen LogP contribution in [0, 0.1) is 0 Å². The fourth-order valence-electron chi connectivity index (χ4n) is 3.84. The maximum atomic E-state index is 13.2. The number of nitrogens with one attached hydrogen (secondary N) is 1. The minimum absolute atomic E-state index is 0.119. The molecule has 0 aliphatic carbocycles. The maximum absolute atomic E-state index is 13.2. The van der Waals surface area contributed by atoms with Crippen molar-refractivity contribution in [2.24, 2.45) is 4.99 Å². The average Bonchev–Trinajstić information content (AvgIpc) is 2.83. The van der Waals surface area contributed by atoms with E-state index in [1.165, 1.54) is 11.0 Å². The highest BCUT2D eigenvalue weighted by Gasteiger charge is 2.34. The zero-order valence-corrected chi connectivity index (χ0v) is 18.2. The van der Waals surface area contributed by atoms with Gasteiger partial charge in [-0.2, -0.15) is 13.2 Å². The van der Waals surface area contributed by atoms with Crippen LogP contribution in [0.4, 0.5) is 13.2 Å². The van der Waals surface area contributed by atoms with Gasteiger partial charge in [-0.25, -0.2) is 8.42 Å². The normalized spacial score (nSPS) is 21.4. The molecule has 0 aromatic heterocycles. The van der Waals surface area contributed by atoms with Crippen LogP contribution in [0.25, 0.3) is 0 Å². The average molecular weight is 461 g/mol. The highest BCUT2D eigenvalue weighted by molar-refractivity contribution is 7.90. The van der Waals surface area contributed by atoms with Crippen LogP contribution in [0.1, 0.15) is 38.2 Å². The third-order valence-corrected chi connectivity index (χ3v) is 6.76. The molecule has 11 heteroatoms.